The van der Waals surface area contributed by atoms with Gasteiger partial charge in [0, 0.05) is 5.71 Å². The maximum absolute atomic E-state index is 12.9. The zero-order chi connectivity index (χ0) is 20.3. The Morgan fingerprint density at radius 2 is 1.82 bits per heavy atom. The number of hydrogen-bond acceptors (Lipinski definition) is 6. The normalized spacial score (nSPS) is 23.0. The van der Waals surface area contributed by atoms with Crippen LogP contribution in [0.3, 0.4) is 0 Å². The van der Waals surface area contributed by atoms with Crippen molar-refractivity contribution in [1.82, 2.24) is 5.32 Å². The van der Waals surface area contributed by atoms with Crippen molar-refractivity contribution >= 4 is 17.7 Å². The van der Waals surface area contributed by atoms with Gasteiger partial charge < -0.3 is 25.4 Å². The number of rotatable bonds is 5. The molecule has 152 valence electrons. The van der Waals surface area contributed by atoms with Crippen LogP contribution >= 0.6 is 0 Å². The minimum Gasteiger partial charge on any atom is -0.504 e. The molecule has 8 heteroatoms. The van der Waals surface area contributed by atoms with Gasteiger partial charge in [0.25, 0.3) is 0 Å². The van der Waals surface area contributed by atoms with Crippen molar-refractivity contribution in [2.75, 3.05) is 6.61 Å². The van der Waals surface area contributed by atoms with Crippen LogP contribution in [-0.4, -0.2) is 39.6 Å². The highest BCUT2D eigenvalue weighted by atomic mass is 16.5. The molecule has 0 aromatic heterocycles. The molecule has 1 aliphatic heterocycles. The lowest BCUT2D eigenvalue weighted by Gasteiger charge is -2.31. The van der Waals surface area contributed by atoms with Crippen LogP contribution in [0.25, 0.3) is 0 Å². The predicted octanol–water partition coefficient (Wildman–Crippen LogP) is 3.16. The fourth-order valence-corrected chi connectivity index (χ4v) is 3.94. The summed E-state index contributed by atoms with van der Waals surface area (Å²) in [6, 6.07) is 0.946. The third kappa shape index (κ3) is 4.21. The highest BCUT2D eigenvalue weighted by molar-refractivity contribution is 6.09. The maximum atomic E-state index is 12.9. The van der Waals surface area contributed by atoms with Gasteiger partial charge in [0.2, 0.25) is 0 Å². The molecule has 0 saturated heterocycles. The Hall–Kier alpha value is -2.77. The van der Waals surface area contributed by atoms with Crippen molar-refractivity contribution in [3.8, 4) is 17.2 Å². The Bertz CT molecular complexity index is 762. The zero-order valence-electron chi connectivity index (χ0n) is 15.9. The number of urea groups is 1. The van der Waals surface area contributed by atoms with Crippen molar-refractivity contribution in [2.45, 2.75) is 51.5 Å². The molecule has 0 spiro atoms. The molecule has 3 rings (SSSR count). The number of nitrogens with one attached hydrogen (secondary N) is 1. The number of aliphatic imine (C=N–C) groups is 1. The minimum absolute atomic E-state index is 0.279. The minimum atomic E-state index is -0.866. The molecule has 0 bridgehead atoms. The standard InChI is InChI=1S/C20H26N2O6/c1-2-13-16(19(26)28-10-11-6-4-3-5-7-11)17(22-20(27)21-13)12-8-14(23)18(25)15(24)9-12/h8-9,11,16-17,23-25H,2-7,10H2,1H3,(H,22,27). The Labute approximate surface area is 163 Å². The highest BCUT2D eigenvalue weighted by Gasteiger charge is 2.40. The molecule has 2 unspecified atom stereocenters. The van der Waals surface area contributed by atoms with Crippen LogP contribution in [0.15, 0.2) is 17.1 Å². The molecule has 2 amide bonds. The number of ether oxygens (including phenoxy) is 1. The van der Waals surface area contributed by atoms with Crippen LogP contribution in [0, 0.1) is 11.8 Å². The average Bonchev–Trinajstić information content (AvgIpc) is 2.69. The molecule has 1 saturated carbocycles. The Balaban J connectivity index is 1.85. The lowest BCUT2D eigenvalue weighted by Crippen LogP contribution is -2.45. The molecular formula is C20H26N2O6. The number of esters is 1. The van der Waals surface area contributed by atoms with Crippen molar-refractivity contribution < 1.29 is 29.6 Å². The molecule has 0 radical (unpaired) electrons. The first-order chi connectivity index (χ1) is 13.4. The Morgan fingerprint density at radius 1 is 1.18 bits per heavy atom. The van der Waals surface area contributed by atoms with E-state index < -0.39 is 41.2 Å². The number of carbonyl (C=O) groups excluding carboxylic acids is 2. The van der Waals surface area contributed by atoms with E-state index in [4.69, 9.17) is 4.74 Å². The van der Waals surface area contributed by atoms with E-state index in [1.807, 2.05) is 0 Å². The van der Waals surface area contributed by atoms with Crippen LogP contribution in [-0.2, 0) is 9.53 Å². The molecule has 1 heterocycles. The first kappa shape index (κ1) is 20.0. The van der Waals surface area contributed by atoms with Crippen LogP contribution in [0.1, 0.15) is 57.1 Å². The quantitative estimate of drug-likeness (QED) is 0.452. The number of aromatic hydroxyl groups is 3. The summed E-state index contributed by atoms with van der Waals surface area (Å²) in [7, 11) is 0. The number of phenolic OH excluding ortho intramolecular Hbond substituents is 3. The smallest absolute Gasteiger partial charge is 0.341 e. The van der Waals surface area contributed by atoms with E-state index in [0.29, 0.717) is 24.7 Å². The molecular weight excluding hydrogens is 364 g/mol. The van der Waals surface area contributed by atoms with Gasteiger partial charge in [-0.2, -0.15) is 0 Å². The fraction of sp³-hybridized carbons (Fsp3) is 0.550. The first-order valence-corrected chi connectivity index (χ1v) is 9.70. The largest absolute Gasteiger partial charge is 0.504 e. The summed E-state index contributed by atoms with van der Waals surface area (Å²) in [5.74, 6) is -2.76. The topological polar surface area (TPSA) is 128 Å². The number of carbonyl (C=O) groups is 2. The third-order valence-corrected chi connectivity index (χ3v) is 5.47. The van der Waals surface area contributed by atoms with Gasteiger partial charge in [-0.15, -0.1) is 0 Å². The molecule has 2 aliphatic rings. The van der Waals surface area contributed by atoms with Gasteiger partial charge in [0.1, 0.15) is 5.92 Å². The first-order valence-electron chi connectivity index (χ1n) is 9.70. The molecule has 1 aliphatic carbocycles. The SMILES string of the molecule is CCC1=NC(=O)NC(c2cc(O)c(O)c(O)c2)C1C(=O)OCC1CCCCC1. The second kappa shape index (κ2) is 8.50. The van der Waals surface area contributed by atoms with E-state index in [2.05, 4.69) is 10.3 Å². The second-order valence-electron chi connectivity index (χ2n) is 7.40. The summed E-state index contributed by atoms with van der Waals surface area (Å²) in [5, 5.41) is 31.8. The molecule has 1 fully saturated rings. The molecule has 1 aromatic rings. The summed E-state index contributed by atoms with van der Waals surface area (Å²) in [4.78, 5) is 28.8. The summed E-state index contributed by atoms with van der Waals surface area (Å²) in [5.41, 5.74) is 0.663. The second-order valence-corrected chi connectivity index (χ2v) is 7.40. The number of amides is 2. The number of benzene rings is 1. The fourth-order valence-electron chi connectivity index (χ4n) is 3.94. The van der Waals surface area contributed by atoms with Gasteiger partial charge in [-0.05, 0) is 42.9 Å². The predicted molar refractivity (Wildman–Crippen MR) is 101 cm³/mol. The summed E-state index contributed by atoms with van der Waals surface area (Å²) in [6.07, 6.45) is 5.93. The molecule has 2 atom stereocenters. The summed E-state index contributed by atoms with van der Waals surface area (Å²) >= 11 is 0. The average molecular weight is 390 g/mol. The third-order valence-electron chi connectivity index (χ3n) is 5.47. The molecule has 4 N–H and O–H groups in total. The number of phenols is 3. The van der Waals surface area contributed by atoms with E-state index in [9.17, 15) is 24.9 Å². The van der Waals surface area contributed by atoms with Crippen molar-refractivity contribution in [3.63, 3.8) is 0 Å². The van der Waals surface area contributed by atoms with E-state index in [1.165, 1.54) is 18.6 Å². The van der Waals surface area contributed by atoms with E-state index in [1.54, 1.807) is 6.92 Å². The van der Waals surface area contributed by atoms with Crippen molar-refractivity contribution in [1.29, 1.82) is 0 Å². The van der Waals surface area contributed by atoms with Crippen LogP contribution in [0.5, 0.6) is 17.2 Å². The van der Waals surface area contributed by atoms with Gasteiger partial charge in [-0.1, -0.05) is 26.2 Å². The molecule has 1 aromatic carbocycles. The Morgan fingerprint density at radius 3 is 2.43 bits per heavy atom. The van der Waals surface area contributed by atoms with Crippen molar-refractivity contribution in [3.05, 3.63) is 17.7 Å². The van der Waals surface area contributed by atoms with Crippen LogP contribution < -0.4 is 5.32 Å². The summed E-state index contributed by atoms with van der Waals surface area (Å²) < 4.78 is 5.58. The van der Waals surface area contributed by atoms with Crippen LogP contribution in [0.4, 0.5) is 4.79 Å². The van der Waals surface area contributed by atoms with E-state index in [-0.39, 0.29) is 5.56 Å². The van der Waals surface area contributed by atoms with Gasteiger partial charge in [-0.3, -0.25) is 4.79 Å². The lowest BCUT2D eigenvalue weighted by molar-refractivity contribution is -0.148. The maximum Gasteiger partial charge on any atom is 0.341 e. The molecule has 28 heavy (non-hydrogen) atoms. The van der Waals surface area contributed by atoms with Crippen LogP contribution in [0.2, 0.25) is 0 Å². The molecule has 8 nitrogen and oxygen atoms in total. The van der Waals surface area contributed by atoms with Gasteiger partial charge in [0.05, 0.1) is 12.6 Å². The monoisotopic (exact) mass is 390 g/mol. The highest BCUT2D eigenvalue weighted by Crippen LogP contribution is 2.40. The van der Waals surface area contributed by atoms with Crippen molar-refractivity contribution in [2.24, 2.45) is 16.8 Å². The number of nitrogens with zero attached hydrogens (tertiary/aromatic N) is 1. The van der Waals surface area contributed by atoms with Gasteiger partial charge in [-0.25, -0.2) is 9.79 Å². The van der Waals surface area contributed by atoms with Gasteiger partial charge >= 0.3 is 12.0 Å². The summed E-state index contributed by atoms with van der Waals surface area (Å²) in [6.45, 7) is 2.13. The Kier molecular flexibility index (Phi) is 6.06. The zero-order valence-corrected chi connectivity index (χ0v) is 15.9. The van der Waals surface area contributed by atoms with Gasteiger partial charge in [0.15, 0.2) is 17.2 Å². The van der Waals surface area contributed by atoms with E-state index in [0.717, 1.165) is 25.7 Å². The lowest BCUT2D eigenvalue weighted by atomic mass is 9.86. The number of hydrogen-bond donors (Lipinski definition) is 4. The van der Waals surface area contributed by atoms with E-state index >= 15 is 0 Å².